The second-order valence-corrected chi connectivity index (χ2v) is 7.89. The van der Waals surface area contributed by atoms with Crippen molar-refractivity contribution in [2.75, 3.05) is 45.1 Å². The van der Waals surface area contributed by atoms with Crippen molar-refractivity contribution in [2.24, 2.45) is 0 Å². The van der Waals surface area contributed by atoms with Crippen LogP contribution in [-0.2, 0) is 11.3 Å². The summed E-state index contributed by atoms with van der Waals surface area (Å²) < 4.78 is 29.9. The van der Waals surface area contributed by atoms with Gasteiger partial charge in [0.05, 0.1) is 39.2 Å². The Balaban J connectivity index is 1.72. The molecule has 3 aromatic carbocycles. The number of nitrogens with zero attached hydrogens (tertiary/aromatic N) is 1. The van der Waals surface area contributed by atoms with E-state index in [9.17, 15) is 14.0 Å². The molecule has 0 radical (unpaired) electrons. The van der Waals surface area contributed by atoms with Crippen molar-refractivity contribution in [3.05, 3.63) is 77.6 Å². The van der Waals surface area contributed by atoms with E-state index in [0.29, 0.717) is 41.5 Å². The Bertz CT molecular complexity index is 1200. The minimum Gasteiger partial charge on any atom is -0.494 e. The van der Waals surface area contributed by atoms with Crippen LogP contribution in [-0.4, -0.2) is 51.1 Å². The Labute approximate surface area is 210 Å². The number of hydrogen-bond donors (Lipinski definition) is 2. The van der Waals surface area contributed by atoms with Crippen molar-refractivity contribution in [3.63, 3.8) is 0 Å². The van der Waals surface area contributed by atoms with Crippen LogP contribution in [0.25, 0.3) is 0 Å². The van der Waals surface area contributed by atoms with Crippen molar-refractivity contribution in [1.82, 2.24) is 4.90 Å². The summed E-state index contributed by atoms with van der Waals surface area (Å²) in [4.78, 5) is 27.3. The van der Waals surface area contributed by atoms with Gasteiger partial charge < -0.3 is 24.8 Å². The van der Waals surface area contributed by atoms with E-state index in [0.717, 1.165) is 5.56 Å². The topological polar surface area (TPSA) is 89.1 Å². The standard InChI is InChI=1S/C27H30FN3O5/c1-5-31(16-18-11-12-23(34-2)20(28)13-18)17-26(32)29-21-14-25(36-4)22(15-24(21)35-3)30-27(33)19-9-7-6-8-10-19/h6-15H,5,16-17H2,1-4H3,(H,29,32)(H,30,33). The summed E-state index contributed by atoms with van der Waals surface area (Å²) in [6, 6.07) is 16.7. The van der Waals surface area contributed by atoms with Crippen LogP contribution in [0.3, 0.4) is 0 Å². The molecule has 0 spiro atoms. The van der Waals surface area contributed by atoms with Gasteiger partial charge in [0, 0.05) is 24.2 Å². The number of halogens is 1. The fourth-order valence-electron chi connectivity index (χ4n) is 3.62. The van der Waals surface area contributed by atoms with E-state index in [1.54, 1.807) is 48.5 Å². The van der Waals surface area contributed by atoms with Crippen molar-refractivity contribution in [1.29, 1.82) is 0 Å². The zero-order valence-electron chi connectivity index (χ0n) is 20.8. The molecule has 0 aromatic heterocycles. The maximum atomic E-state index is 14.0. The van der Waals surface area contributed by atoms with Crippen LogP contribution in [0.1, 0.15) is 22.8 Å². The Kier molecular flexibility index (Phi) is 9.24. The molecule has 0 atom stereocenters. The minimum atomic E-state index is -0.452. The molecule has 9 heteroatoms. The second-order valence-electron chi connectivity index (χ2n) is 7.89. The van der Waals surface area contributed by atoms with Crippen molar-refractivity contribution >= 4 is 23.2 Å². The summed E-state index contributed by atoms with van der Waals surface area (Å²) in [6.07, 6.45) is 0. The van der Waals surface area contributed by atoms with Gasteiger partial charge in [-0.3, -0.25) is 14.5 Å². The van der Waals surface area contributed by atoms with E-state index < -0.39 is 5.82 Å². The Hall–Kier alpha value is -4.11. The molecule has 0 bridgehead atoms. The molecule has 0 fully saturated rings. The van der Waals surface area contributed by atoms with Gasteiger partial charge in [-0.1, -0.05) is 31.2 Å². The van der Waals surface area contributed by atoms with Crippen LogP contribution < -0.4 is 24.8 Å². The van der Waals surface area contributed by atoms with E-state index in [1.165, 1.54) is 27.4 Å². The molecule has 0 heterocycles. The maximum absolute atomic E-state index is 14.0. The fraction of sp³-hybridized carbons (Fsp3) is 0.259. The first-order chi connectivity index (χ1) is 17.4. The van der Waals surface area contributed by atoms with Crippen LogP contribution >= 0.6 is 0 Å². The number of carbonyl (C=O) groups is 2. The average Bonchev–Trinajstić information content (AvgIpc) is 2.89. The zero-order chi connectivity index (χ0) is 26.1. The fourth-order valence-corrected chi connectivity index (χ4v) is 3.62. The molecule has 8 nitrogen and oxygen atoms in total. The Morgan fingerprint density at radius 3 is 2.00 bits per heavy atom. The van der Waals surface area contributed by atoms with Crippen molar-refractivity contribution in [3.8, 4) is 17.2 Å². The number of likely N-dealkylation sites (N-methyl/N-ethyl adjacent to an activating group) is 1. The molecule has 3 aromatic rings. The van der Waals surface area contributed by atoms with Crippen LogP contribution in [0.4, 0.5) is 15.8 Å². The van der Waals surface area contributed by atoms with E-state index in [-0.39, 0.29) is 24.1 Å². The average molecular weight is 496 g/mol. The number of ether oxygens (including phenoxy) is 3. The van der Waals surface area contributed by atoms with Crippen molar-refractivity contribution < 1.29 is 28.2 Å². The number of amides is 2. The summed E-state index contributed by atoms with van der Waals surface area (Å²) >= 11 is 0. The van der Waals surface area contributed by atoms with Gasteiger partial charge >= 0.3 is 0 Å². The normalized spacial score (nSPS) is 10.6. The molecule has 36 heavy (non-hydrogen) atoms. The highest BCUT2D eigenvalue weighted by Crippen LogP contribution is 2.36. The lowest BCUT2D eigenvalue weighted by Crippen LogP contribution is -2.32. The molecule has 0 aliphatic heterocycles. The number of methoxy groups -OCH3 is 3. The largest absolute Gasteiger partial charge is 0.494 e. The van der Waals surface area contributed by atoms with Gasteiger partial charge in [-0.05, 0) is 36.4 Å². The summed E-state index contributed by atoms with van der Waals surface area (Å²) in [7, 11) is 4.35. The third-order valence-electron chi connectivity index (χ3n) is 5.52. The van der Waals surface area contributed by atoms with Gasteiger partial charge in [-0.2, -0.15) is 0 Å². The van der Waals surface area contributed by atoms with Gasteiger partial charge in [0.1, 0.15) is 11.5 Å². The number of anilines is 2. The summed E-state index contributed by atoms with van der Waals surface area (Å²) in [5.41, 5.74) is 2.01. The molecule has 190 valence electrons. The Morgan fingerprint density at radius 1 is 0.833 bits per heavy atom. The summed E-state index contributed by atoms with van der Waals surface area (Å²) in [5.74, 6) is -0.159. The molecule has 0 saturated heterocycles. The lowest BCUT2D eigenvalue weighted by Gasteiger charge is -2.21. The van der Waals surface area contributed by atoms with Crippen LogP contribution in [0.15, 0.2) is 60.7 Å². The number of nitrogens with one attached hydrogen (secondary N) is 2. The first-order valence-corrected chi connectivity index (χ1v) is 11.4. The van der Waals surface area contributed by atoms with E-state index in [2.05, 4.69) is 10.6 Å². The van der Waals surface area contributed by atoms with Crippen LogP contribution in [0.5, 0.6) is 17.2 Å². The first kappa shape index (κ1) is 26.5. The van der Waals surface area contributed by atoms with Gasteiger partial charge in [0.15, 0.2) is 11.6 Å². The first-order valence-electron chi connectivity index (χ1n) is 11.4. The molecule has 0 aliphatic carbocycles. The molecule has 2 N–H and O–H groups in total. The molecule has 0 aliphatic rings. The van der Waals surface area contributed by atoms with E-state index in [1.807, 2.05) is 17.9 Å². The highest BCUT2D eigenvalue weighted by molar-refractivity contribution is 6.05. The summed E-state index contributed by atoms with van der Waals surface area (Å²) in [6.45, 7) is 2.95. The van der Waals surface area contributed by atoms with Gasteiger partial charge in [-0.25, -0.2) is 4.39 Å². The molecule has 0 unspecified atom stereocenters. The summed E-state index contributed by atoms with van der Waals surface area (Å²) in [5, 5.41) is 5.65. The predicted octanol–water partition coefficient (Wildman–Crippen LogP) is 4.56. The smallest absolute Gasteiger partial charge is 0.255 e. The monoisotopic (exact) mass is 495 g/mol. The third kappa shape index (κ3) is 6.73. The second kappa shape index (κ2) is 12.6. The maximum Gasteiger partial charge on any atom is 0.255 e. The van der Waals surface area contributed by atoms with Crippen LogP contribution in [0.2, 0.25) is 0 Å². The van der Waals surface area contributed by atoms with Gasteiger partial charge in [0.2, 0.25) is 5.91 Å². The number of benzene rings is 3. The van der Waals surface area contributed by atoms with E-state index >= 15 is 0 Å². The SMILES string of the molecule is CCN(CC(=O)Nc1cc(OC)c(NC(=O)c2ccccc2)cc1OC)Cc1ccc(OC)c(F)c1. The minimum absolute atomic E-state index is 0.0715. The number of hydrogen-bond acceptors (Lipinski definition) is 6. The van der Waals surface area contributed by atoms with Gasteiger partial charge in [-0.15, -0.1) is 0 Å². The lowest BCUT2D eigenvalue weighted by molar-refractivity contribution is -0.117. The molecule has 3 rings (SSSR count). The Morgan fingerprint density at radius 2 is 1.44 bits per heavy atom. The van der Waals surface area contributed by atoms with Gasteiger partial charge in [0.25, 0.3) is 5.91 Å². The molecular formula is C27H30FN3O5. The third-order valence-corrected chi connectivity index (χ3v) is 5.52. The lowest BCUT2D eigenvalue weighted by atomic mass is 10.2. The predicted molar refractivity (Wildman–Crippen MR) is 136 cm³/mol. The number of rotatable bonds is 11. The molecular weight excluding hydrogens is 465 g/mol. The molecule has 2 amide bonds. The highest BCUT2D eigenvalue weighted by atomic mass is 19.1. The highest BCUT2D eigenvalue weighted by Gasteiger charge is 2.18. The van der Waals surface area contributed by atoms with Crippen LogP contribution in [0, 0.1) is 5.82 Å². The van der Waals surface area contributed by atoms with E-state index in [4.69, 9.17) is 14.2 Å². The quantitative estimate of drug-likeness (QED) is 0.405. The number of carbonyl (C=O) groups excluding carboxylic acids is 2. The molecule has 0 saturated carbocycles. The zero-order valence-corrected chi connectivity index (χ0v) is 20.8. The van der Waals surface area contributed by atoms with Crippen molar-refractivity contribution in [2.45, 2.75) is 13.5 Å².